The third-order valence-electron chi connectivity index (χ3n) is 2.35. The maximum Gasteiger partial charge on any atom is 0.269 e. The average Bonchev–Trinajstić information content (AvgIpc) is 2.31. The molecule has 0 unspecified atom stereocenters. The van der Waals surface area contributed by atoms with Crippen LogP contribution >= 0.6 is 0 Å². The molecule has 0 radical (unpaired) electrons. The Morgan fingerprint density at radius 3 is 2.74 bits per heavy atom. The van der Waals surface area contributed by atoms with Gasteiger partial charge in [-0.1, -0.05) is 12.1 Å². The van der Waals surface area contributed by atoms with Crippen LogP contribution in [0.15, 0.2) is 35.3 Å². The quantitative estimate of drug-likeness (QED) is 0.815. The second kappa shape index (κ2) is 4.81. The first-order valence-electron chi connectivity index (χ1n) is 5.32. The number of carbonyl (C=O) groups is 1. The Hall–Kier alpha value is -2.22. The number of sulfonamides is 1. The van der Waals surface area contributed by atoms with E-state index in [0.717, 1.165) is 12.5 Å². The molecule has 2 aromatic rings. The third kappa shape index (κ3) is 3.16. The first-order chi connectivity index (χ1) is 8.87. The molecule has 0 saturated heterocycles. The monoisotopic (exact) mass is 281 g/mol. The molecule has 0 aliphatic rings. The molecule has 100 valence electrons. The highest BCUT2D eigenvalue weighted by Gasteiger charge is 2.12. The summed E-state index contributed by atoms with van der Waals surface area (Å²) in [5.74, 6) is -0.777. The van der Waals surface area contributed by atoms with Crippen LogP contribution < -0.4 is 10.3 Å². The van der Waals surface area contributed by atoms with Crippen molar-refractivity contribution < 1.29 is 13.2 Å². The zero-order valence-corrected chi connectivity index (χ0v) is 10.8. The van der Waals surface area contributed by atoms with Crippen molar-refractivity contribution in [2.24, 2.45) is 0 Å². The summed E-state index contributed by atoms with van der Waals surface area (Å²) in [6.45, 7) is -0.380. The lowest BCUT2D eigenvalue weighted by atomic mass is 10.3. The summed E-state index contributed by atoms with van der Waals surface area (Å²) >= 11 is 0. The van der Waals surface area contributed by atoms with E-state index in [9.17, 15) is 18.0 Å². The van der Waals surface area contributed by atoms with E-state index in [2.05, 4.69) is 4.98 Å². The van der Waals surface area contributed by atoms with Crippen LogP contribution in [-0.2, 0) is 21.4 Å². The minimum atomic E-state index is -3.64. The maximum atomic E-state index is 11.7. The number of benzene rings is 1. The molecule has 0 fully saturated rings. The van der Waals surface area contributed by atoms with Gasteiger partial charge in [-0.3, -0.25) is 18.9 Å². The number of fused-ring (bicyclic) bond motifs is 1. The number of aromatic nitrogens is 2. The van der Waals surface area contributed by atoms with Crippen molar-refractivity contribution in [1.29, 1.82) is 0 Å². The van der Waals surface area contributed by atoms with Crippen LogP contribution in [-0.4, -0.2) is 30.1 Å². The van der Waals surface area contributed by atoms with Gasteiger partial charge in [0, 0.05) is 0 Å². The predicted molar refractivity (Wildman–Crippen MR) is 69.0 cm³/mol. The zero-order valence-electron chi connectivity index (χ0n) is 10.0. The van der Waals surface area contributed by atoms with E-state index < -0.39 is 21.5 Å². The molecular formula is C11H11N3O4S. The van der Waals surface area contributed by atoms with Gasteiger partial charge in [-0.15, -0.1) is 0 Å². The Balaban J connectivity index is 2.43. The number of nitrogens with zero attached hydrogens (tertiary/aromatic N) is 2. The Bertz CT molecular complexity index is 795. The molecule has 2 rings (SSSR count). The summed E-state index contributed by atoms with van der Waals surface area (Å²) in [5.41, 5.74) is 0.551. The third-order valence-corrected chi connectivity index (χ3v) is 2.95. The molecule has 1 heterocycles. The van der Waals surface area contributed by atoms with Crippen molar-refractivity contribution in [3.63, 3.8) is 0 Å². The number of rotatable bonds is 3. The molecule has 1 N–H and O–H groups in total. The first kappa shape index (κ1) is 13.2. The Kier molecular flexibility index (Phi) is 3.34. The summed E-state index contributed by atoms with van der Waals surface area (Å²) in [5, 5.41) is 0. The smallest absolute Gasteiger partial charge is 0.269 e. The van der Waals surface area contributed by atoms with Gasteiger partial charge in [0.15, 0.2) is 0 Å². The minimum Gasteiger partial charge on any atom is -0.296 e. The van der Waals surface area contributed by atoms with E-state index in [1.54, 1.807) is 24.3 Å². The number of amides is 1. The van der Waals surface area contributed by atoms with E-state index in [0.29, 0.717) is 11.0 Å². The van der Waals surface area contributed by atoms with E-state index in [1.165, 1.54) is 4.57 Å². The lowest BCUT2D eigenvalue weighted by Crippen LogP contribution is -2.35. The standard InChI is InChI=1S/C11H11N3O4S/c1-19(17,18)13-10(15)7-14-9-5-3-2-4-8(9)12-6-11(14)16/h2-6H,7H2,1H3,(H,13,15). The van der Waals surface area contributed by atoms with Crippen LogP contribution in [0.5, 0.6) is 0 Å². The molecule has 0 aliphatic heterocycles. The topological polar surface area (TPSA) is 98.1 Å². The van der Waals surface area contributed by atoms with Crippen LogP contribution in [0.4, 0.5) is 0 Å². The normalized spacial score (nSPS) is 11.4. The van der Waals surface area contributed by atoms with E-state index in [1.807, 2.05) is 4.72 Å². The van der Waals surface area contributed by atoms with Crippen LogP contribution in [0.3, 0.4) is 0 Å². The second-order valence-electron chi connectivity index (χ2n) is 3.97. The molecule has 19 heavy (non-hydrogen) atoms. The Morgan fingerprint density at radius 2 is 2.05 bits per heavy atom. The molecule has 7 nitrogen and oxygen atoms in total. The summed E-state index contributed by atoms with van der Waals surface area (Å²) < 4.78 is 24.9. The lowest BCUT2D eigenvalue weighted by molar-refractivity contribution is -0.119. The van der Waals surface area contributed by atoms with Crippen molar-refractivity contribution in [3.8, 4) is 0 Å². The van der Waals surface area contributed by atoms with Crippen molar-refractivity contribution in [3.05, 3.63) is 40.8 Å². The van der Waals surface area contributed by atoms with E-state index in [4.69, 9.17) is 0 Å². The molecule has 1 aromatic carbocycles. The summed E-state index contributed by atoms with van der Waals surface area (Å²) in [6, 6.07) is 6.78. The van der Waals surface area contributed by atoms with Crippen molar-refractivity contribution in [2.75, 3.05) is 6.26 Å². The van der Waals surface area contributed by atoms with Gasteiger partial charge in [0.05, 0.1) is 23.5 Å². The first-order valence-corrected chi connectivity index (χ1v) is 7.21. The second-order valence-corrected chi connectivity index (χ2v) is 5.72. The fraction of sp³-hybridized carbons (Fsp3) is 0.182. The highest BCUT2D eigenvalue weighted by Crippen LogP contribution is 2.07. The predicted octanol–water partition coefficient (Wildman–Crippen LogP) is -0.528. The molecule has 1 aromatic heterocycles. The molecule has 1 amide bonds. The fourth-order valence-electron chi connectivity index (χ4n) is 1.66. The Labute approximate surface area is 108 Å². The molecule has 0 saturated carbocycles. The van der Waals surface area contributed by atoms with Crippen molar-refractivity contribution >= 4 is 27.0 Å². The molecule has 0 bridgehead atoms. The zero-order chi connectivity index (χ0) is 14.0. The highest BCUT2D eigenvalue weighted by atomic mass is 32.2. The van der Waals surface area contributed by atoms with Crippen LogP contribution in [0.2, 0.25) is 0 Å². The van der Waals surface area contributed by atoms with Gasteiger partial charge in [-0.2, -0.15) is 0 Å². The summed E-state index contributed by atoms with van der Waals surface area (Å²) in [7, 11) is -3.64. The SMILES string of the molecule is CS(=O)(=O)NC(=O)Cn1c(=O)cnc2ccccc21. The van der Waals surface area contributed by atoms with Crippen molar-refractivity contribution in [1.82, 2.24) is 14.3 Å². The number of hydrogen-bond acceptors (Lipinski definition) is 5. The van der Waals surface area contributed by atoms with Gasteiger partial charge >= 0.3 is 0 Å². The van der Waals surface area contributed by atoms with Gasteiger partial charge in [0.1, 0.15) is 6.54 Å². The fourth-order valence-corrected chi connectivity index (χ4v) is 2.14. The van der Waals surface area contributed by atoms with Crippen LogP contribution in [0.1, 0.15) is 0 Å². The summed E-state index contributed by atoms with van der Waals surface area (Å²) in [4.78, 5) is 27.2. The largest absolute Gasteiger partial charge is 0.296 e. The Morgan fingerprint density at radius 1 is 1.37 bits per heavy atom. The molecule has 8 heteroatoms. The van der Waals surface area contributed by atoms with Crippen molar-refractivity contribution in [2.45, 2.75) is 6.54 Å². The number of nitrogens with one attached hydrogen (secondary N) is 1. The lowest BCUT2D eigenvalue weighted by Gasteiger charge is -2.08. The van der Waals surface area contributed by atoms with E-state index in [-0.39, 0.29) is 6.54 Å². The highest BCUT2D eigenvalue weighted by molar-refractivity contribution is 7.89. The van der Waals surface area contributed by atoms with Gasteiger partial charge in [-0.05, 0) is 12.1 Å². The van der Waals surface area contributed by atoms with Gasteiger partial charge < -0.3 is 0 Å². The number of hydrogen-bond donors (Lipinski definition) is 1. The molecule has 0 spiro atoms. The summed E-state index contributed by atoms with van der Waals surface area (Å²) in [6.07, 6.45) is 1.97. The van der Waals surface area contributed by atoms with Gasteiger partial charge in [0.25, 0.3) is 11.5 Å². The molecule has 0 aliphatic carbocycles. The van der Waals surface area contributed by atoms with Gasteiger partial charge in [0.2, 0.25) is 10.0 Å². The van der Waals surface area contributed by atoms with E-state index >= 15 is 0 Å². The number of carbonyl (C=O) groups excluding carboxylic acids is 1. The minimum absolute atomic E-state index is 0.380. The molecule has 0 atom stereocenters. The maximum absolute atomic E-state index is 11.7. The van der Waals surface area contributed by atoms with Gasteiger partial charge in [-0.25, -0.2) is 13.4 Å². The molecular weight excluding hydrogens is 270 g/mol. The number of para-hydroxylation sites is 2. The van der Waals surface area contributed by atoms with Crippen LogP contribution in [0.25, 0.3) is 11.0 Å². The average molecular weight is 281 g/mol. The van der Waals surface area contributed by atoms with Crippen LogP contribution in [0, 0.1) is 0 Å².